The maximum Gasteiger partial charge on any atom is 0.410 e. The molecule has 0 aromatic carbocycles. The van der Waals surface area contributed by atoms with E-state index in [1.807, 2.05) is 20.8 Å². The molecule has 1 heterocycles. The molecule has 2 unspecified atom stereocenters. The number of nitrogens with zero attached hydrogens (tertiary/aromatic N) is 1. The standard InChI is InChI=1S/C12H24N2O4S/c1-9(19(16)17)7-10-8-13-5-6-14(10)11(15)18-12(2,3)4/h9-10,13H,5-8H2,1-4H3,(H,16,17)/t9?,10-/m0/s1. The van der Waals surface area contributed by atoms with Crippen LogP contribution in [0.5, 0.6) is 0 Å². The fourth-order valence-corrected chi connectivity index (χ4v) is 2.38. The highest BCUT2D eigenvalue weighted by Crippen LogP contribution is 2.17. The van der Waals surface area contributed by atoms with Gasteiger partial charge in [-0.1, -0.05) is 0 Å². The number of piperazine rings is 1. The monoisotopic (exact) mass is 292 g/mol. The van der Waals surface area contributed by atoms with Gasteiger partial charge in [-0.15, -0.1) is 0 Å². The molecule has 0 aromatic rings. The molecule has 112 valence electrons. The molecule has 0 spiro atoms. The molecule has 1 fully saturated rings. The molecular formula is C12H24N2O4S. The number of carbonyl (C=O) groups excluding carboxylic acids is 1. The van der Waals surface area contributed by atoms with Crippen LogP contribution in [0, 0.1) is 0 Å². The molecule has 1 saturated heterocycles. The molecule has 19 heavy (non-hydrogen) atoms. The Hall–Kier alpha value is -0.660. The minimum atomic E-state index is -1.87. The van der Waals surface area contributed by atoms with E-state index in [0.29, 0.717) is 26.1 Å². The number of hydrogen-bond acceptors (Lipinski definition) is 4. The fraction of sp³-hybridized carbons (Fsp3) is 0.917. The third kappa shape index (κ3) is 5.46. The summed E-state index contributed by atoms with van der Waals surface area (Å²) in [5.41, 5.74) is -0.530. The Balaban J connectivity index is 2.67. The van der Waals surface area contributed by atoms with E-state index in [1.54, 1.807) is 11.8 Å². The third-order valence-corrected chi connectivity index (χ3v) is 3.81. The van der Waals surface area contributed by atoms with Crippen LogP contribution in [0.25, 0.3) is 0 Å². The van der Waals surface area contributed by atoms with Gasteiger partial charge in [0, 0.05) is 25.7 Å². The molecule has 2 N–H and O–H groups in total. The van der Waals surface area contributed by atoms with Crippen molar-refractivity contribution >= 4 is 17.2 Å². The van der Waals surface area contributed by atoms with E-state index < -0.39 is 16.7 Å². The van der Waals surface area contributed by atoms with Crippen molar-refractivity contribution in [1.82, 2.24) is 10.2 Å². The van der Waals surface area contributed by atoms with Gasteiger partial charge in [-0.25, -0.2) is 9.00 Å². The predicted molar refractivity (Wildman–Crippen MR) is 74.4 cm³/mol. The molecule has 1 rings (SSSR count). The molecule has 0 saturated carbocycles. The van der Waals surface area contributed by atoms with E-state index in [2.05, 4.69) is 5.32 Å². The number of rotatable bonds is 3. The number of ether oxygens (including phenoxy) is 1. The molecule has 0 radical (unpaired) electrons. The minimum absolute atomic E-state index is 0.102. The van der Waals surface area contributed by atoms with Crippen molar-refractivity contribution in [3.63, 3.8) is 0 Å². The van der Waals surface area contributed by atoms with Gasteiger partial charge in [0.2, 0.25) is 0 Å². The summed E-state index contributed by atoms with van der Waals surface area (Å²) in [6.07, 6.45) is 0.130. The van der Waals surface area contributed by atoms with Crippen molar-refractivity contribution in [2.45, 2.75) is 51.0 Å². The average Bonchev–Trinajstić information content (AvgIpc) is 2.27. The zero-order chi connectivity index (χ0) is 14.6. The maximum atomic E-state index is 12.1. The second kappa shape index (κ2) is 6.67. The first-order chi connectivity index (χ1) is 8.70. The minimum Gasteiger partial charge on any atom is -0.444 e. The van der Waals surface area contributed by atoms with Crippen LogP contribution in [0.3, 0.4) is 0 Å². The highest BCUT2D eigenvalue weighted by Gasteiger charge is 2.32. The molecule has 6 nitrogen and oxygen atoms in total. The first-order valence-corrected chi connectivity index (χ1v) is 7.67. The lowest BCUT2D eigenvalue weighted by molar-refractivity contribution is 0.0112. The number of amides is 1. The quantitative estimate of drug-likeness (QED) is 0.764. The molecule has 1 aliphatic rings. The first-order valence-electron chi connectivity index (χ1n) is 6.50. The van der Waals surface area contributed by atoms with Gasteiger partial charge >= 0.3 is 6.09 Å². The van der Waals surface area contributed by atoms with Crippen LogP contribution in [0.2, 0.25) is 0 Å². The molecule has 0 aliphatic carbocycles. The van der Waals surface area contributed by atoms with Crippen LogP contribution in [-0.2, 0) is 15.8 Å². The molecule has 1 amide bonds. The number of hydrogen-bond donors (Lipinski definition) is 2. The Morgan fingerprint density at radius 2 is 2.21 bits per heavy atom. The summed E-state index contributed by atoms with van der Waals surface area (Å²) in [5.74, 6) is 0. The van der Waals surface area contributed by atoms with Crippen LogP contribution < -0.4 is 5.32 Å². The van der Waals surface area contributed by atoms with Gasteiger partial charge in [-0.2, -0.15) is 0 Å². The number of carbonyl (C=O) groups is 1. The highest BCUT2D eigenvalue weighted by molar-refractivity contribution is 7.79. The summed E-state index contributed by atoms with van der Waals surface area (Å²) < 4.78 is 25.5. The second-order valence-corrected chi connectivity index (χ2v) is 7.21. The zero-order valence-corrected chi connectivity index (χ0v) is 12.8. The van der Waals surface area contributed by atoms with Gasteiger partial charge in [-0.05, 0) is 34.1 Å². The fourth-order valence-electron chi connectivity index (χ4n) is 2.00. The van der Waals surface area contributed by atoms with Crippen molar-refractivity contribution in [2.24, 2.45) is 0 Å². The second-order valence-electron chi connectivity index (χ2n) is 5.85. The van der Waals surface area contributed by atoms with Gasteiger partial charge in [0.05, 0.1) is 5.25 Å². The van der Waals surface area contributed by atoms with E-state index in [0.717, 1.165) is 0 Å². The Morgan fingerprint density at radius 1 is 1.58 bits per heavy atom. The molecule has 0 bridgehead atoms. The summed E-state index contributed by atoms with van der Waals surface area (Å²) in [7, 11) is 0. The summed E-state index contributed by atoms with van der Waals surface area (Å²) in [5, 5.41) is 2.83. The molecular weight excluding hydrogens is 268 g/mol. The predicted octanol–water partition coefficient (Wildman–Crippen LogP) is 1.20. The van der Waals surface area contributed by atoms with Crippen LogP contribution in [0.15, 0.2) is 0 Å². The Labute approximate surface area is 117 Å². The van der Waals surface area contributed by atoms with Crippen molar-refractivity contribution in [3.8, 4) is 0 Å². The molecule has 3 atom stereocenters. The molecule has 1 aliphatic heterocycles. The van der Waals surface area contributed by atoms with E-state index in [-0.39, 0.29) is 17.4 Å². The van der Waals surface area contributed by atoms with E-state index in [1.165, 1.54) is 0 Å². The van der Waals surface area contributed by atoms with Gasteiger partial charge in [0.15, 0.2) is 11.1 Å². The summed E-state index contributed by atoms with van der Waals surface area (Å²) >= 11 is -1.87. The Bertz CT molecular complexity index is 343. The lowest BCUT2D eigenvalue weighted by atomic mass is 10.1. The van der Waals surface area contributed by atoms with E-state index in [9.17, 15) is 9.00 Å². The normalized spacial score (nSPS) is 23.8. The topological polar surface area (TPSA) is 78.9 Å². The van der Waals surface area contributed by atoms with Crippen LogP contribution >= 0.6 is 0 Å². The van der Waals surface area contributed by atoms with Crippen LogP contribution in [-0.4, -0.2) is 56.3 Å². The largest absolute Gasteiger partial charge is 0.444 e. The zero-order valence-electron chi connectivity index (χ0n) is 12.0. The summed E-state index contributed by atoms with van der Waals surface area (Å²) in [6.45, 7) is 9.09. The molecule has 7 heteroatoms. The van der Waals surface area contributed by atoms with Crippen LogP contribution in [0.4, 0.5) is 4.79 Å². The SMILES string of the molecule is CC(C[C@H]1CNCCN1C(=O)OC(C)(C)C)S(=O)O. The van der Waals surface area contributed by atoms with E-state index >= 15 is 0 Å². The Morgan fingerprint density at radius 3 is 2.74 bits per heavy atom. The van der Waals surface area contributed by atoms with Crippen molar-refractivity contribution in [3.05, 3.63) is 0 Å². The lowest BCUT2D eigenvalue weighted by Gasteiger charge is -2.37. The van der Waals surface area contributed by atoms with Gasteiger partial charge in [0.1, 0.15) is 5.60 Å². The highest BCUT2D eigenvalue weighted by atomic mass is 32.2. The smallest absolute Gasteiger partial charge is 0.410 e. The number of nitrogens with one attached hydrogen (secondary N) is 1. The Kier molecular flexibility index (Phi) is 5.76. The summed E-state index contributed by atoms with van der Waals surface area (Å²) in [4.78, 5) is 13.8. The van der Waals surface area contributed by atoms with Crippen molar-refractivity contribution in [1.29, 1.82) is 0 Å². The van der Waals surface area contributed by atoms with Gasteiger partial charge in [0.25, 0.3) is 0 Å². The van der Waals surface area contributed by atoms with Crippen molar-refractivity contribution < 1.29 is 18.3 Å². The first kappa shape index (κ1) is 16.4. The van der Waals surface area contributed by atoms with Gasteiger partial charge in [-0.3, -0.25) is 0 Å². The maximum absolute atomic E-state index is 12.1. The van der Waals surface area contributed by atoms with Crippen LogP contribution in [0.1, 0.15) is 34.1 Å². The average molecular weight is 292 g/mol. The van der Waals surface area contributed by atoms with Gasteiger partial charge < -0.3 is 19.5 Å². The lowest BCUT2D eigenvalue weighted by Crippen LogP contribution is -2.55. The van der Waals surface area contributed by atoms with Crippen molar-refractivity contribution in [2.75, 3.05) is 19.6 Å². The molecule has 0 aromatic heterocycles. The van der Waals surface area contributed by atoms with E-state index in [4.69, 9.17) is 9.29 Å². The third-order valence-electron chi connectivity index (χ3n) is 2.93. The summed E-state index contributed by atoms with van der Waals surface area (Å²) in [6, 6.07) is -0.102.